The van der Waals surface area contributed by atoms with Crippen LogP contribution in [0.2, 0.25) is 0 Å². The van der Waals surface area contributed by atoms with E-state index in [1.807, 2.05) is 19.2 Å². The maximum Gasteiger partial charge on any atom is 0.269 e. The Morgan fingerprint density at radius 2 is 2.04 bits per heavy atom. The largest absolute Gasteiger partial charge is 0.463 e. The fraction of sp³-hybridized carbons (Fsp3) is 0.176. The van der Waals surface area contributed by atoms with Gasteiger partial charge in [0.25, 0.3) is 5.69 Å². The predicted molar refractivity (Wildman–Crippen MR) is 96.8 cm³/mol. The first-order chi connectivity index (χ1) is 12.0. The van der Waals surface area contributed by atoms with Crippen molar-refractivity contribution in [3.63, 3.8) is 0 Å². The molecule has 0 fully saturated rings. The molecule has 0 spiro atoms. The first-order valence-electron chi connectivity index (χ1n) is 7.61. The van der Waals surface area contributed by atoms with Crippen LogP contribution >= 0.6 is 11.3 Å². The lowest BCUT2D eigenvalue weighted by atomic mass is 10.1. The van der Waals surface area contributed by atoms with Gasteiger partial charge in [-0.2, -0.15) is 5.10 Å². The molecule has 0 atom stereocenters. The number of nitro benzene ring substituents is 1. The van der Waals surface area contributed by atoms with Crippen molar-refractivity contribution in [2.45, 2.75) is 19.9 Å². The Hall–Kier alpha value is -3.00. The van der Waals surface area contributed by atoms with Gasteiger partial charge in [0, 0.05) is 29.1 Å². The van der Waals surface area contributed by atoms with Crippen molar-refractivity contribution in [3.8, 4) is 11.3 Å². The van der Waals surface area contributed by atoms with E-state index in [1.165, 1.54) is 23.5 Å². The van der Waals surface area contributed by atoms with Gasteiger partial charge in [-0.25, -0.2) is 4.68 Å². The number of thiazole rings is 1. The maximum absolute atomic E-state index is 10.8. The van der Waals surface area contributed by atoms with Crippen molar-refractivity contribution >= 4 is 23.2 Å². The third-order valence-corrected chi connectivity index (χ3v) is 4.10. The molecular weight excluding hydrogens is 340 g/mol. The van der Waals surface area contributed by atoms with Gasteiger partial charge in [-0.15, -0.1) is 11.3 Å². The first-order valence-corrected chi connectivity index (χ1v) is 8.49. The van der Waals surface area contributed by atoms with Gasteiger partial charge >= 0.3 is 0 Å². The summed E-state index contributed by atoms with van der Waals surface area (Å²) in [6, 6.07) is 10.1. The van der Waals surface area contributed by atoms with Gasteiger partial charge in [0.05, 0.1) is 23.1 Å². The second kappa shape index (κ2) is 7.27. The van der Waals surface area contributed by atoms with Gasteiger partial charge < -0.3 is 4.42 Å². The summed E-state index contributed by atoms with van der Waals surface area (Å²) in [6.07, 6.45) is 3.19. The number of hydrogen-bond acceptors (Lipinski definition) is 6. The minimum Gasteiger partial charge on any atom is -0.463 e. The monoisotopic (exact) mass is 356 g/mol. The second-order valence-electron chi connectivity index (χ2n) is 5.50. The van der Waals surface area contributed by atoms with Crippen LogP contribution < -0.4 is 4.80 Å². The quantitative estimate of drug-likeness (QED) is 0.394. The summed E-state index contributed by atoms with van der Waals surface area (Å²) in [7, 11) is 0. The zero-order valence-electron chi connectivity index (χ0n) is 13.7. The van der Waals surface area contributed by atoms with Crippen LogP contribution in [0.4, 0.5) is 5.69 Å². The molecule has 0 saturated heterocycles. The zero-order valence-corrected chi connectivity index (χ0v) is 14.5. The number of nitrogens with zero attached hydrogens (tertiary/aromatic N) is 4. The summed E-state index contributed by atoms with van der Waals surface area (Å²) >= 11 is 1.47. The van der Waals surface area contributed by atoms with Gasteiger partial charge in [0.2, 0.25) is 4.80 Å². The highest BCUT2D eigenvalue weighted by atomic mass is 32.1. The molecule has 0 amide bonds. The van der Waals surface area contributed by atoms with Crippen LogP contribution in [-0.4, -0.2) is 21.9 Å². The smallest absolute Gasteiger partial charge is 0.269 e. The van der Waals surface area contributed by atoms with E-state index in [9.17, 15) is 10.1 Å². The fourth-order valence-electron chi connectivity index (χ4n) is 2.15. The number of benzene rings is 1. The first kappa shape index (κ1) is 16.8. The molecule has 0 aliphatic rings. The van der Waals surface area contributed by atoms with E-state index in [1.54, 1.807) is 41.4 Å². The number of nitro groups is 1. The number of furan rings is 1. The highest BCUT2D eigenvalue weighted by molar-refractivity contribution is 7.07. The summed E-state index contributed by atoms with van der Waals surface area (Å²) in [5, 5.41) is 17.2. The van der Waals surface area contributed by atoms with Crippen LogP contribution in [0.1, 0.15) is 19.6 Å². The van der Waals surface area contributed by atoms with Crippen molar-refractivity contribution in [1.29, 1.82) is 0 Å². The normalized spacial score (nSPS) is 12.4. The topological polar surface area (TPSA) is 85.9 Å². The summed E-state index contributed by atoms with van der Waals surface area (Å²) in [5.41, 5.74) is 1.68. The number of non-ortho nitro benzene ring substituents is 1. The van der Waals surface area contributed by atoms with Crippen molar-refractivity contribution in [2.75, 3.05) is 0 Å². The summed E-state index contributed by atoms with van der Waals surface area (Å²) in [4.78, 5) is 15.7. The Labute approximate surface area is 147 Å². The van der Waals surface area contributed by atoms with Crippen molar-refractivity contribution in [3.05, 3.63) is 68.7 Å². The number of hydrogen-bond donors (Lipinski definition) is 0. The molecule has 128 valence electrons. The van der Waals surface area contributed by atoms with E-state index in [4.69, 9.17) is 4.42 Å². The van der Waals surface area contributed by atoms with Gasteiger partial charge in [-0.05, 0) is 38.1 Å². The summed E-state index contributed by atoms with van der Waals surface area (Å²) < 4.78 is 6.99. The molecule has 3 aromatic rings. The highest BCUT2D eigenvalue weighted by Crippen LogP contribution is 2.23. The van der Waals surface area contributed by atoms with Gasteiger partial charge in [0.15, 0.2) is 0 Å². The molecule has 2 heterocycles. The van der Waals surface area contributed by atoms with Crippen molar-refractivity contribution < 1.29 is 9.34 Å². The Kier molecular flexibility index (Phi) is 4.90. The fourth-order valence-corrected chi connectivity index (χ4v) is 3.12. The van der Waals surface area contributed by atoms with E-state index >= 15 is 0 Å². The third-order valence-electron chi connectivity index (χ3n) is 3.27. The molecule has 0 aliphatic carbocycles. The zero-order chi connectivity index (χ0) is 17.8. The Morgan fingerprint density at radius 3 is 2.64 bits per heavy atom. The third kappa shape index (κ3) is 3.92. The lowest BCUT2D eigenvalue weighted by molar-refractivity contribution is -0.384. The van der Waals surface area contributed by atoms with Gasteiger partial charge in [-0.1, -0.05) is 0 Å². The molecule has 0 radical (unpaired) electrons. The van der Waals surface area contributed by atoms with Crippen molar-refractivity contribution in [1.82, 2.24) is 4.68 Å². The van der Waals surface area contributed by atoms with Crippen LogP contribution in [0.15, 0.2) is 62.6 Å². The van der Waals surface area contributed by atoms with Crippen LogP contribution in [0.5, 0.6) is 0 Å². The van der Waals surface area contributed by atoms with Gasteiger partial charge in [-0.3, -0.25) is 15.1 Å². The molecule has 0 unspecified atom stereocenters. The minimum atomic E-state index is -0.417. The Morgan fingerprint density at radius 1 is 1.28 bits per heavy atom. The summed E-state index contributed by atoms with van der Waals surface area (Å²) in [6.45, 7) is 3.98. The predicted octanol–water partition coefficient (Wildman–Crippen LogP) is 3.91. The highest BCUT2D eigenvalue weighted by Gasteiger charge is 2.10. The molecule has 0 saturated carbocycles. The van der Waals surface area contributed by atoms with Crippen LogP contribution in [0, 0.1) is 10.1 Å². The minimum absolute atomic E-state index is 0.0525. The molecular formula is C17H16N4O3S. The Balaban J connectivity index is 2.07. The standard InChI is InChI=1S/C17H16N4O3S/c1-12(2)19-17-20(18-10-15-4-3-9-24-15)16(11-25-17)13-5-7-14(8-6-13)21(22)23/h3-12H,1-2H3. The van der Waals surface area contributed by atoms with Crippen molar-refractivity contribution in [2.24, 2.45) is 10.1 Å². The number of aromatic nitrogens is 1. The van der Waals surface area contributed by atoms with E-state index < -0.39 is 4.92 Å². The molecule has 25 heavy (non-hydrogen) atoms. The van der Waals surface area contributed by atoms with E-state index in [0.29, 0.717) is 5.76 Å². The van der Waals surface area contributed by atoms with E-state index in [0.717, 1.165) is 16.1 Å². The van der Waals surface area contributed by atoms with Crippen LogP contribution in [-0.2, 0) is 0 Å². The van der Waals surface area contributed by atoms with E-state index in [2.05, 4.69) is 10.1 Å². The average molecular weight is 356 g/mol. The lowest BCUT2D eigenvalue weighted by Gasteiger charge is -2.03. The second-order valence-corrected chi connectivity index (χ2v) is 6.34. The lowest BCUT2D eigenvalue weighted by Crippen LogP contribution is -2.14. The van der Waals surface area contributed by atoms with Crippen LogP contribution in [0.3, 0.4) is 0 Å². The number of rotatable bonds is 5. The molecule has 3 rings (SSSR count). The summed E-state index contributed by atoms with van der Waals surface area (Å²) in [5.74, 6) is 0.629. The molecule has 2 aromatic heterocycles. The SMILES string of the molecule is CC(C)N=c1scc(-c2ccc([N+](=O)[O-])cc2)n1N=Cc1ccco1. The Bertz CT molecular complexity index is 951. The molecule has 0 bridgehead atoms. The average Bonchev–Trinajstić information content (AvgIpc) is 3.22. The van der Waals surface area contributed by atoms with Gasteiger partial charge in [0.1, 0.15) is 5.76 Å². The van der Waals surface area contributed by atoms with Crippen LogP contribution in [0.25, 0.3) is 11.3 Å². The maximum atomic E-state index is 10.8. The molecule has 8 heteroatoms. The van der Waals surface area contributed by atoms with E-state index in [-0.39, 0.29) is 11.7 Å². The molecule has 7 nitrogen and oxygen atoms in total. The molecule has 0 aliphatic heterocycles. The molecule has 0 N–H and O–H groups in total. The molecule has 1 aromatic carbocycles.